The van der Waals surface area contributed by atoms with E-state index in [-0.39, 0.29) is 61.2 Å². The SMILES string of the molecule is CO[C@H]1C[C@@H]2CC[C@@H](C)[C@@](O)(O2)C(=O)C(=O)N2CCCC[C@H]2C(=O)O[C@H]([C@H](N)C[C@@H]2CC[C@@H](OC(=O)NCc3cnc(N4CCN(C(=O)CCOCCN5CCN(c6ncc(C(C)=O)cn6)CC5)CC4)nc3)[C@H](OC)C2)CC[C@H](C)/C=C(\C)[C@@H](O)[C@@H](OC)C(=O)[C@H](C)C[C@H](C)/C=C/C=C/C=C/1C. The lowest BCUT2D eigenvalue weighted by atomic mass is 9.80. The molecule has 8 rings (SSSR count). The zero-order valence-corrected chi connectivity index (χ0v) is 61.7. The highest BCUT2D eigenvalue weighted by atomic mass is 16.6. The lowest BCUT2D eigenvalue weighted by Crippen LogP contribution is -2.61. The van der Waals surface area contributed by atoms with E-state index in [4.69, 9.17) is 38.9 Å². The second kappa shape index (κ2) is 39.2. The molecule has 0 radical (unpaired) electrons. The number of carbonyl (C=O) groups is 7. The number of anilines is 2. The highest BCUT2D eigenvalue weighted by molar-refractivity contribution is 6.39. The fourth-order valence-corrected chi connectivity index (χ4v) is 14.7. The van der Waals surface area contributed by atoms with Gasteiger partial charge >= 0.3 is 12.1 Å². The second-order valence-corrected chi connectivity index (χ2v) is 28.9. The van der Waals surface area contributed by atoms with E-state index < -0.39 is 96.2 Å². The van der Waals surface area contributed by atoms with Crippen LogP contribution < -0.4 is 20.9 Å². The van der Waals surface area contributed by atoms with Crippen molar-refractivity contribution >= 4 is 53.1 Å². The molecule has 1 saturated carbocycles. The number of aliphatic hydroxyl groups is 2. The van der Waals surface area contributed by atoms with Crippen LogP contribution >= 0.6 is 0 Å². The minimum Gasteiger partial charge on any atom is -0.459 e. The van der Waals surface area contributed by atoms with Crippen molar-refractivity contribution < 1.29 is 76.9 Å². The van der Waals surface area contributed by atoms with Gasteiger partial charge in [-0.2, -0.15) is 0 Å². The van der Waals surface area contributed by atoms with Gasteiger partial charge in [0.15, 0.2) is 11.6 Å². The van der Waals surface area contributed by atoms with E-state index in [0.717, 1.165) is 38.3 Å². The van der Waals surface area contributed by atoms with Crippen molar-refractivity contribution in [3.8, 4) is 0 Å². The molecule has 102 heavy (non-hydrogen) atoms. The number of aromatic nitrogens is 4. The number of nitrogens with zero attached hydrogens (tertiary/aromatic N) is 9. The monoisotopic (exact) mass is 1420 g/mol. The number of carbonyl (C=O) groups excluding carboxylic acids is 7. The standard InChI is InChI=1S/C75H113N11O16/c1-48-16-12-11-13-17-50(3)63(96-8)42-58-22-20-53(6)75(95,102-58)69(91)70(92)86-26-15-14-18-60(86)71(93)100-61(23-19-49(2)39-52(5)67(90)68(98-10)66(89)51(4)38-48)59(76)40-55-21-24-62(64(41-55)97-9)101-74(94)81-45-56-43-77-72(78-44-56)85-33-31-83(32-34-85)65(88)25-36-99-37-35-82-27-29-84(30-28-82)73-79-46-57(47-80-73)54(7)87/h11-13,16-17,39,43-44,46-49,51,53,55,58-64,67-68,90,95H,14-15,18-38,40-42,45,76H2,1-10H3,(H,81,94)/b13-11+,16-12+,50-17+,52-39+/t48-,49+,51-,53-,55+,58+,59-,60+,61+,62-,63+,64-,67-,68+,75-/m1/s1. The van der Waals surface area contributed by atoms with Crippen LogP contribution in [-0.2, 0) is 63.7 Å². The van der Waals surface area contributed by atoms with Gasteiger partial charge < -0.3 is 74.0 Å². The number of nitrogens with two attached hydrogens (primary N) is 1. The Kier molecular flexibility index (Phi) is 31.1. The van der Waals surface area contributed by atoms with Crippen LogP contribution in [0.5, 0.6) is 0 Å². The average Bonchev–Trinajstić information content (AvgIpc) is 0.772. The quantitative estimate of drug-likeness (QED) is 0.0419. The number of hydrogen-bond donors (Lipinski definition) is 4. The Labute approximate surface area is 601 Å². The highest BCUT2D eigenvalue weighted by Gasteiger charge is 2.53. The fourth-order valence-electron chi connectivity index (χ4n) is 14.7. The summed E-state index contributed by atoms with van der Waals surface area (Å²) in [5.74, 6) is -5.82. The van der Waals surface area contributed by atoms with Crippen LogP contribution in [0.3, 0.4) is 0 Å². The molecule has 7 heterocycles. The number of fused-ring (bicyclic) bond motifs is 3. The molecule has 27 nitrogen and oxygen atoms in total. The van der Waals surface area contributed by atoms with Crippen LogP contribution in [0.2, 0.25) is 0 Å². The van der Waals surface area contributed by atoms with Gasteiger partial charge in [-0.1, -0.05) is 64.2 Å². The van der Waals surface area contributed by atoms with Crippen LogP contribution in [0, 0.1) is 29.6 Å². The molecule has 5 fully saturated rings. The van der Waals surface area contributed by atoms with Crippen molar-refractivity contribution in [2.24, 2.45) is 35.3 Å². The molecular formula is C75H113N11O16. The molecule has 1 aliphatic carbocycles. The number of Topliss-reactive ketones (excluding diaryl/α,β-unsaturated/α-hetero) is 3. The summed E-state index contributed by atoms with van der Waals surface area (Å²) < 4.78 is 42.0. The summed E-state index contributed by atoms with van der Waals surface area (Å²) in [5, 5.41) is 26.6. The van der Waals surface area contributed by atoms with Crippen LogP contribution in [0.15, 0.2) is 72.4 Å². The van der Waals surface area contributed by atoms with Crippen molar-refractivity contribution in [1.29, 1.82) is 0 Å². The topological polar surface area (TPSA) is 330 Å². The third-order valence-electron chi connectivity index (χ3n) is 21.2. The predicted molar refractivity (Wildman–Crippen MR) is 382 cm³/mol. The van der Waals surface area contributed by atoms with Gasteiger partial charge in [-0.25, -0.2) is 29.5 Å². The molecule has 3 amide bonds. The molecule has 15 atom stereocenters. The number of amides is 3. The molecule has 5 N–H and O–H groups in total. The van der Waals surface area contributed by atoms with E-state index in [0.29, 0.717) is 145 Å². The minimum atomic E-state index is -2.45. The molecule has 564 valence electrons. The van der Waals surface area contributed by atoms with Gasteiger partial charge in [-0.05, 0) is 127 Å². The minimum absolute atomic E-state index is 0.0208. The van der Waals surface area contributed by atoms with Crippen LogP contribution in [0.1, 0.15) is 154 Å². The fraction of sp³-hybridized carbons (Fsp3) is 0.693. The first-order chi connectivity index (χ1) is 48.9. The zero-order valence-electron chi connectivity index (χ0n) is 61.7. The average molecular weight is 1420 g/mol. The predicted octanol–water partition coefficient (Wildman–Crippen LogP) is 6.29. The highest BCUT2D eigenvalue weighted by Crippen LogP contribution is 2.38. The number of methoxy groups -OCH3 is 3. The summed E-state index contributed by atoms with van der Waals surface area (Å²) in [6.07, 6.45) is 18.0. The van der Waals surface area contributed by atoms with E-state index in [1.807, 2.05) is 74.0 Å². The van der Waals surface area contributed by atoms with E-state index in [2.05, 4.69) is 35.1 Å². The molecule has 0 spiro atoms. The van der Waals surface area contributed by atoms with Crippen LogP contribution in [0.4, 0.5) is 16.7 Å². The number of piperidine rings is 1. The summed E-state index contributed by atoms with van der Waals surface area (Å²) in [5.41, 5.74) is 9.72. The van der Waals surface area contributed by atoms with Crippen molar-refractivity contribution in [2.45, 2.75) is 206 Å². The molecule has 0 unspecified atom stereocenters. The second-order valence-electron chi connectivity index (χ2n) is 28.9. The Balaban J connectivity index is 0.830. The Bertz CT molecular complexity index is 3210. The molecule has 2 aromatic heterocycles. The number of cyclic esters (lactones) is 1. The first-order valence-electron chi connectivity index (χ1n) is 36.8. The van der Waals surface area contributed by atoms with Crippen LogP contribution in [0.25, 0.3) is 0 Å². The van der Waals surface area contributed by atoms with Gasteiger partial charge in [0.25, 0.3) is 11.7 Å². The molecule has 27 heteroatoms. The number of piperazine rings is 2. The first-order valence-corrected chi connectivity index (χ1v) is 36.8. The van der Waals surface area contributed by atoms with Gasteiger partial charge in [-0.15, -0.1) is 0 Å². The third kappa shape index (κ3) is 22.5. The number of aliphatic hydroxyl groups excluding tert-OH is 1. The number of esters is 1. The van der Waals surface area contributed by atoms with E-state index in [1.54, 1.807) is 52.9 Å². The molecule has 5 aliphatic heterocycles. The van der Waals surface area contributed by atoms with E-state index >= 15 is 0 Å². The molecule has 2 bridgehead atoms. The number of nitrogens with one attached hydrogen (secondary N) is 1. The lowest BCUT2D eigenvalue weighted by Gasteiger charge is -2.42. The van der Waals surface area contributed by atoms with Gasteiger partial charge in [0.05, 0.1) is 43.5 Å². The normalized spacial score (nSPS) is 31.9. The maximum absolute atomic E-state index is 14.7. The summed E-state index contributed by atoms with van der Waals surface area (Å²) in [4.78, 5) is 123. The van der Waals surface area contributed by atoms with Gasteiger partial charge in [0.2, 0.25) is 23.6 Å². The summed E-state index contributed by atoms with van der Waals surface area (Å²) >= 11 is 0. The largest absolute Gasteiger partial charge is 0.459 e. The number of ether oxygens (including phenoxy) is 7. The Hall–Kier alpha value is -6.95. The van der Waals surface area contributed by atoms with Crippen molar-refractivity contribution in [3.05, 3.63) is 83.5 Å². The van der Waals surface area contributed by atoms with E-state index in [9.17, 15) is 43.8 Å². The maximum atomic E-state index is 14.7. The van der Waals surface area contributed by atoms with E-state index in [1.165, 1.54) is 18.9 Å². The molecule has 6 aliphatic rings. The number of allylic oxidation sites excluding steroid dienone is 6. The number of rotatable bonds is 18. The number of hydrogen-bond acceptors (Lipinski definition) is 24. The molecule has 0 aromatic carbocycles. The molecule has 4 saturated heterocycles. The maximum Gasteiger partial charge on any atom is 0.407 e. The van der Waals surface area contributed by atoms with Crippen molar-refractivity contribution in [1.82, 2.24) is 40.0 Å². The van der Waals surface area contributed by atoms with Gasteiger partial charge in [-0.3, -0.25) is 28.9 Å². The molecule has 2 aromatic rings. The summed E-state index contributed by atoms with van der Waals surface area (Å²) in [7, 11) is 4.56. The zero-order chi connectivity index (χ0) is 73.6. The summed E-state index contributed by atoms with van der Waals surface area (Å²) in [6.45, 7) is 19.9. The van der Waals surface area contributed by atoms with Gasteiger partial charge in [0, 0.05) is 148 Å². The smallest absolute Gasteiger partial charge is 0.407 e. The third-order valence-corrected chi connectivity index (χ3v) is 21.2. The number of ketones is 3. The molecular weight excluding hydrogens is 1310 g/mol. The van der Waals surface area contributed by atoms with Crippen LogP contribution in [-0.4, -0.2) is 247 Å². The lowest BCUT2D eigenvalue weighted by molar-refractivity contribution is -0.265. The van der Waals surface area contributed by atoms with Crippen molar-refractivity contribution in [2.75, 3.05) is 110 Å². The van der Waals surface area contributed by atoms with Gasteiger partial charge in [0.1, 0.15) is 30.5 Å². The first kappa shape index (κ1) is 80.7. The Morgan fingerprint density at radius 2 is 1.42 bits per heavy atom. The Morgan fingerprint density at radius 3 is 2.09 bits per heavy atom. The number of alkyl carbamates (subject to hydrolysis) is 1. The van der Waals surface area contributed by atoms with Crippen molar-refractivity contribution in [3.63, 3.8) is 0 Å². The Morgan fingerprint density at radius 1 is 0.735 bits per heavy atom. The summed E-state index contributed by atoms with van der Waals surface area (Å²) in [6, 6.07) is -1.86.